The Labute approximate surface area is 235 Å². The molecule has 3 rings (SSSR count). The van der Waals surface area contributed by atoms with Crippen molar-refractivity contribution < 1.29 is 46.1 Å². The van der Waals surface area contributed by atoms with Crippen LogP contribution in [0.5, 0.6) is 0 Å². The minimum absolute atomic E-state index is 0.118. The van der Waals surface area contributed by atoms with Gasteiger partial charge in [-0.1, -0.05) is 11.6 Å². The highest BCUT2D eigenvalue weighted by molar-refractivity contribution is 7.92. The molecule has 0 spiro atoms. The number of aliphatic hydroxyl groups is 1. The molecule has 2 aromatic heterocycles. The second kappa shape index (κ2) is 12.6. The summed E-state index contributed by atoms with van der Waals surface area (Å²) in [5.74, 6) is -1.62. The van der Waals surface area contributed by atoms with Crippen molar-refractivity contribution in [1.82, 2.24) is 14.6 Å². The molecule has 12 nitrogen and oxygen atoms in total. The number of carbonyl (C=O) groups excluding carboxylic acids is 1. The van der Waals surface area contributed by atoms with Crippen molar-refractivity contribution in [2.45, 2.75) is 42.5 Å². The van der Waals surface area contributed by atoms with Gasteiger partial charge in [0.05, 0.1) is 15.9 Å². The molecule has 0 aromatic carbocycles. The third kappa shape index (κ3) is 7.31. The lowest BCUT2D eigenvalue weighted by atomic mass is 10.0. The lowest BCUT2D eigenvalue weighted by Gasteiger charge is -2.42. The van der Waals surface area contributed by atoms with Gasteiger partial charge in [0.1, 0.15) is 16.1 Å². The van der Waals surface area contributed by atoms with Crippen molar-refractivity contribution in [2.24, 2.45) is 0 Å². The van der Waals surface area contributed by atoms with Crippen LogP contribution in [0.3, 0.4) is 0 Å². The number of hydrogen-bond acceptors (Lipinski definition) is 10. The molecule has 2 unspecified atom stereocenters. The summed E-state index contributed by atoms with van der Waals surface area (Å²) in [6.07, 6.45) is -7.65. The van der Waals surface area contributed by atoms with Crippen LogP contribution in [0, 0.1) is 11.3 Å². The highest BCUT2D eigenvalue weighted by Crippen LogP contribution is 2.37. The van der Waals surface area contributed by atoms with Crippen LogP contribution in [0.4, 0.5) is 23.8 Å². The first kappa shape index (κ1) is 31.4. The Morgan fingerprint density at radius 1 is 1.38 bits per heavy atom. The van der Waals surface area contributed by atoms with Gasteiger partial charge in [0.2, 0.25) is 0 Å². The molecule has 18 heteroatoms. The Hall–Kier alpha value is -3.17. The molecule has 1 fully saturated rings. The molecule has 218 valence electrons. The second-order valence-electron chi connectivity index (χ2n) is 8.41. The summed E-state index contributed by atoms with van der Waals surface area (Å²) in [7, 11) is -4.31. The number of nitrogens with zero attached hydrogens (tertiary/aromatic N) is 4. The largest absolute Gasteiger partial charge is 0.481 e. The Bertz CT molecular complexity index is 1410. The predicted octanol–water partition coefficient (Wildman–Crippen LogP) is 3.17. The van der Waals surface area contributed by atoms with E-state index in [2.05, 4.69) is 4.98 Å². The summed E-state index contributed by atoms with van der Waals surface area (Å²) in [6, 6.07) is 3.03. The molecule has 0 radical (unpaired) electrons. The minimum atomic E-state index is -5.03. The van der Waals surface area contributed by atoms with E-state index in [4.69, 9.17) is 21.4 Å². The topological polar surface area (TPSA) is 173 Å². The maximum atomic E-state index is 13.9. The average Bonchev–Trinajstić information content (AvgIpc) is 3.33. The number of ether oxygens (including phenoxy) is 1. The zero-order chi connectivity index (χ0) is 29.8. The average molecular weight is 626 g/mol. The van der Waals surface area contributed by atoms with Crippen LogP contribution in [0.2, 0.25) is 4.34 Å². The third-order valence-electron chi connectivity index (χ3n) is 5.78. The number of alkyl halides is 3. The predicted molar refractivity (Wildman–Crippen MR) is 135 cm³/mol. The van der Waals surface area contributed by atoms with Crippen molar-refractivity contribution in [1.29, 1.82) is 5.26 Å². The summed E-state index contributed by atoms with van der Waals surface area (Å²) in [6.45, 7) is 0.657. The first-order valence-corrected chi connectivity index (χ1v) is 14.2. The molecule has 2 aromatic rings. The summed E-state index contributed by atoms with van der Waals surface area (Å²) < 4.78 is 73.5. The van der Waals surface area contributed by atoms with Crippen molar-refractivity contribution in [3.05, 3.63) is 39.4 Å². The summed E-state index contributed by atoms with van der Waals surface area (Å²) in [4.78, 5) is 30.2. The van der Waals surface area contributed by atoms with Gasteiger partial charge >= 0.3 is 18.2 Å². The smallest absolute Gasteiger partial charge is 0.433 e. The zero-order valence-corrected chi connectivity index (χ0v) is 23.1. The molecule has 1 aliphatic heterocycles. The lowest BCUT2D eigenvalue weighted by Crippen LogP contribution is -2.58. The van der Waals surface area contributed by atoms with E-state index in [0.717, 1.165) is 11.0 Å². The van der Waals surface area contributed by atoms with Gasteiger partial charge in [-0.3, -0.25) is 4.79 Å². The van der Waals surface area contributed by atoms with E-state index in [1.165, 1.54) is 24.0 Å². The summed E-state index contributed by atoms with van der Waals surface area (Å²) in [5.41, 5.74) is -2.56. The number of nitriles is 1. The second-order valence-corrected chi connectivity index (χ2v) is 12.0. The van der Waals surface area contributed by atoms with Crippen LogP contribution in [0.15, 0.2) is 22.4 Å². The number of piperazine rings is 1. The quantitative estimate of drug-likeness (QED) is 0.351. The molecular formula is C22H23ClF3N5O7S2. The van der Waals surface area contributed by atoms with Crippen molar-refractivity contribution >= 4 is 50.8 Å². The fourth-order valence-corrected chi connectivity index (χ4v) is 6.47. The number of aliphatic carboxylic acids is 1. The van der Waals surface area contributed by atoms with Gasteiger partial charge in [-0.15, -0.1) is 11.3 Å². The van der Waals surface area contributed by atoms with E-state index >= 15 is 0 Å². The molecule has 3 N–H and O–H groups in total. The number of carboxylic acids is 1. The number of amides is 2. The van der Waals surface area contributed by atoms with Gasteiger partial charge in [0.15, 0.2) is 12.0 Å². The first-order valence-electron chi connectivity index (χ1n) is 11.5. The minimum Gasteiger partial charge on any atom is -0.481 e. The van der Waals surface area contributed by atoms with Crippen molar-refractivity contribution in [3.8, 4) is 6.07 Å². The number of anilines is 1. The van der Waals surface area contributed by atoms with E-state index < -0.39 is 64.0 Å². The van der Waals surface area contributed by atoms with E-state index in [9.17, 15) is 41.5 Å². The number of nitrogens with one attached hydrogen (secondary N) is 1. The summed E-state index contributed by atoms with van der Waals surface area (Å²) in [5, 5.41) is 28.9. The van der Waals surface area contributed by atoms with Crippen LogP contribution in [0.25, 0.3) is 0 Å². The summed E-state index contributed by atoms with van der Waals surface area (Å²) >= 11 is 6.49. The monoisotopic (exact) mass is 625 g/mol. The van der Waals surface area contributed by atoms with Crippen molar-refractivity contribution in [3.63, 3.8) is 0 Å². The van der Waals surface area contributed by atoms with E-state index in [1.807, 2.05) is 4.72 Å². The molecule has 1 saturated heterocycles. The van der Waals surface area contributed by atoms with E-state index in [-0.39, 0.29) is 46.8 Å². The maximum Gasteiger partial charge on any atom is 0.433 e. The molecular weight excluding hydrogens is 603 g/mol. The highest BCUT2D eigenvalue weighted by Gasteiger charge is 2.40. The van der Waals surface area contributed by atoms with Gasteiger partial charge < -0.3 is 24.7 Å². The fraction of sp³-hybridized carbons (Fsp3) is 0.455. The van der Waals surface area contributed by atoms with Gasteiger partial charge in [-0.2, -0.15) is 18.4 Å². The molecule has 0 bridgehead atoms. The first-order chi connectivity index (χ1) is 18.7. The maximum absolute atomic E-state index is 13.9. The third-order valence-corrected chi connectivity index (χ3v) is 8.82. The van der Waals surface area contributed by atoms with E-state index in [0.29, 0.717) is 11.3 Å². The van der Waals surface area contributed by atoms with Crippen LogP contribution < -0.4 is 9.62 Å². The van der Waals surface area contributed by atoms with Gasteiger partial charge in [-0.25, -0.2) is 22.9 Å². The highest BCUT2D eigenvalue weighted by atomic mass is 35.5. The number of hydrogen-bond donors (Lipinski definition) is 3. The molecule has 40 heavy (non-hydrogen) atoms. The van der Waals surface area contributed by atoms with Crippen molar-refractivity contribution in [2.75, 3.05) is 31.1 Å². The number of aromatic nitrogens is 1. The molecule has 0 aliphatic carbocycles. The Kier molecular flexibility index (Phi) is 9.85. The van der Waals surface area contributed by atoms with E-state index in [1.54, 1.807) is 6.07 Å². The SMILES string of the molecule is CCOC(O)c1cc(C#N)c(N2CCN(C(=O)NS(=O)(=O)c3ccc(Cl)s3)C(CCC(=O)O)C2)nc1C(F)(F)F. The lowest BCUT2D eigenvalue weighted by molar-refractivity contribution is -0.150. The molecule has 1 aliphatic rings. The number of halogens is 4. The number of pyridine rings is 1. The van der Waals surface area contributed by atoms with Gasteiger partial charge in [0.25, 0.3) is 10.0 Å². The van der Waals surface area contributed by atoms with Crippen LogP contribution >= 0.6 is 22.9 Å². The number of carbonyl (C=O) groups is 2. The molecule has 0 saturated carbocycles. The Morgan fingerprint density at radius 2 is 2.08 bits per heavy atom. The number of rotatable bonds is 9. The Morgan fingerprint density at radius 3 is 2.62 bits per heavy atom. The molecule has 2 atom stereocenters. The normalized spacial score (nSPS) is 16.9. The Balaban J connectivity index is 1.94. The van der Waals surface area contributed by atoms with Gasteiger partial charge in [-0.05, 0) is 31.5 Å². The standard InChI is InChI=1S/C22H23ClF3N5O7S2/c1-2-38-20(34)14-9-12(10-27)19(28-18(14)22(24,25)26)30-7-8-31(13(11-30)3-5-16(32)33)21(35)29-40(36,37)17-6-4-15(23)39-17/h4,6,9,13,20,34H,2-3,5,7-8,11H2,1H3,(H,29,35)(H,32,33). The van der Waals surface area contributed by atoms with Crippen LogP contribution in [0.1, 0.15) is 42.9 Å². The van der Waals surface area contributed by atoms with Gasteiger partial charge in [0, 0.05) is 38.2 Å². The zero-order valence-electron chi connectivity index (χ0n) is 20.7. The number of urea groups is 1. The number of sulfonamides is 1. The number of carboxylic acid groups (broad SMARTS) is 1. The van der Waals surface area contributed by atoms with Crippen LogP contribution in [-0.4, -0.2) is 72.8 Å². The number of thiophene rings is 1. The molecule has 2 amide bonds. The fourth-order valence-electron chi connectivity index (χ4n) is 4.02. The number of aliphatic hydroxyl groups excluding tert-OH is 1. The van der Waals surface area contributed by atoms with Crippen LogP contribution in [-0.2, 0) is 25.7 Å². The molecule has 3 heterocycles.